The summed E-state index contributed by atoms with van der Waals surface area (Å²) in [5.74, 6) is -6.64. The van der Waals surface area contributed by atoms with Crippen molar-refractivity contribution in [2.75, 3.05) is 32.9 Å². The minimum absolute atomic E-state index is 0.00381. The molecular weight excluding hydrogens is 949 g/mol. The summed E-state index contributed by atoms with van der Waals surface area (Å²) < 4.78 is 29.4. The van der Waals surface area contributed by atoms with E-state index in [0.717, 1.165) is 30.5 Å². The number of carbonyl (C=O) groups excluding carboxylic acids is 5. The second-order valence-corrected chi connectivity index (χ2v) is 22.2. The number of allylic oxidation sites excluding steroid dienone is 1. The van der Waals surface area contributed by atoms with Gasteiger partial charge in [-0.3, -0.25) is 29.1 Å². The number of likely N-dealkylation sites (tertiary alicyclic amines) is 1. The number of anilines is 1. The minimum atomic E-state index is -2.45. The number of ketones is 3. The smallest absolute Gasteiger partial charge is 0.329 e. The van der Waals surface area contributed by atoms with Crippen molar-refractivity contribution in [1.29, 1.82) is 0 Å². The van der Waals surface area contributed by atoms with Crippen LogP contribution < -0.4 is 5.06 Å². The predicted molar refractivity (Wildman–Crippen MR) is 280 cm³/mol. The van der Waals surface area contributed by atoms with Gasteiger partial charge in [0.25, 0.3) is 11.7 Å². The van der Waals surface area contributed by atoms with Gasteiger partial charge in [0, 0.05) is 52.6 Å². The quantitative estimate of drug-likeness (QED) is 0.0485. The van der Waals surface area contributed by atoms with Gasteiger partial charge in [0.15, 0.2) is 5.78 Å². The number of para-hydroxylation sites is 1. The standard InChI is InChI=1S/C58H90N2O14/c1-12-18-35(2)52(63)54(71-11)53(64)39(6)29-36(3)46-26-25-45(74-60(46)43-19-14-13-15-20-43)31-38(5)49(69-9)34-44-24-22-40(7)58(68,73-44)55(65)56(66)59-28-17-16-21-47(59)57(67)72-50(32-41(8)61)37(4)30-42-23-27-48(62)51(33-42)70-10/h13-15,18-20,31,36-37,39-40,42,44-52,54,62-63,68H,12,16-17,21-30,32-34H2,1-11H3/b35-18+,38-31+/t36-,37+,39+,40+,42-,44-,45+,46-,47-,48+,49-,50-,51+,52+,54+,58+/m0/s1. The second-order valence-electron chi connectivity index (χ2n) is 22.2. The molecule has 5 rings (SSSR count). The predicted octanol–water partition coefficient (Wildman–Crippen LogP) is 7.82. The van der Waals surface area contributed by atoms with E-state index >= 15 is 0 Å². The number of amides is 1. The number of benzene rings is 1. The van der Waals surface area contributed by atoms with Crippen molar-refractivity contribution >= 4 is 34.9 Å². The molecule has 3 heterocycles. The van der Waals surface area contributed by atoms with E-state index in [0.29, 0.717) is 63.4 Å². The lowest BCUT2D eigenvalue weighted by atomic mass is 9.79. The Labute approximate surface area is 440 Å². The van der Waals surface area contributed by atoms with Gasteiger partial charge in [-0.25, -0.2) is 4.79 Å². The first kappa shape index (κ1) is 61.0. The zero-order valence-electron chi connectivity index (χ0n) is 46.2. The topological polar surface area (TPSA) is 208 Å². The molecule has 0 bridgehead atoms. The normalized spacial score (nSPS) is 30.1. The van der Waals surface area contributed by atoms with Crippen molar-refractivity contribution in [3.63, 3.8) is 0 Å². The summed E-state index contributed by atoms with van der Waals surface area (Å²) in [4.78, 5) is 76.7. The van der Waals surface area contributed by atoms with Gasteiger partial charge < -0.3 is 43.9 Å². The number of ether oxygens (including phenoxy) is 5. The highest BCUT2D eigenvalue weighted by Gasteiger charge is 2.53. The maximum absolute atomic E-state index is 14.3. The first-order chi connectivity index (χ1) is 35.2. The molecule has 0 unspecified atom stereocenters. The Kier molecular flexibility index (Phi) is 23.5. The number of aliphatic hydroxyl groups excluding tert-OH is 2. The van der Waals surface area contributed by atoms with Crippen LogP contribution in [0.1, 0.15) is 152 Å². The molecule has 1 aromatic carbocycles. The number of esters is 1. The molecule has 1 aromatic rings. The third-order valence-electron chi connectivity index (χ3n) is 16.5. The Bertz CT molecular complexity index is 2060. The molecule has 16 nitrogen and oxygen atoms in total. The summed E-state index contributed by atoms with van der Waals surface area (Å²) in [5.41, 5.74) is 2.45. The van der Waals surface area contributed by atoms with Gasteiger partial charge in [0.2, 0.25) is 5.79 Å². The van der Waals surface area contributed by atoms with Crippen LogP contribution in [-0.4, -0.2) is 144 Å². The zero-order chi connectivity index (χ0) is 54.4. The molecule has 3 N–H and O–H groups in total. The summed E-state index contributed by atoms with van der Waals surface area (Å²) >= 11 is 0. The van der Waals surface area contributed by atoms with Gasteiger partial charge >= 0.3 is 5.97 Å². The number of piperidine rings is 1. The Hall–Kier alpha value is -3.87. The van der Waals surface area contributed by atoms with E-state index in [4.69, 9.17) is 28.5 Å². The number of aliphatic hydroxyl groups is 3. The highest BCUT2D eigenvalue weighted by Crippen LogP contribution is 2.39. The molecule has 4 aliphatic rings. The first-order valence-electron chi connectivity index (χ1n) is 27.5. The zero-order valence-corrected chi connectivity index (χ0v) is 46.2. The van der Waals surface area contributed by atoms with Gasteiger partial charge in [0.05, 0.1) is 36.1 Å². The average molecular weight is 1040 g/mol. The van der Waals surface area contributed by atoms with Crippen molar-refractivity contribution in [2.45, 2.75) is 218 Å². The number of hydrogen-bond acceptors (Lipinski definition) is 15. The molecule has 3 aliphatic heterocycles. The Morgan fingerprint density at radius 3 is 2.26 bits per heavy atom. The number of hydroxylamine groups is 1. The Balaban J connectivity index is 1.24. The molecule has 0 radical (unpaired) electrons. The highest BCUT2D eigenvalue weighted by molar-refractivity contribution is 6.39. The second kappa shape index (κ2) is 28.5. The van der Waals surface area contributed by atoms with Crippen LogP contribution in [0.25, 0.3) is 0 Å². The van der Waals surface area contributed by atoms with Crippen molar-refractivity contribution in [1.82, 2.24) is 4.90 Å². The molecule has 1 aliphatic carbocycles. The van der Waals surface area contributed by atoms with Crippen LogP contribution in [-0.2, 0) is 52.5 Å². The van der Waals surface area contributed by atoms with E-state index < -0.39 is 72.0 Å². The molecule has 1 saturated carbocycles. The summed E-state index contributed by atoms with van der Waals surface area (Å²) in [7, 11) is 4.63. The van der Waals surface area contributed by atoms with E-state index in [1.165, 1.54) is 18.9 Å². The van der Waals surface area contributed by atoms with E-state index in [1.807, 2.05) is 82.2 Å². The van der Waals surface area contributed by atoms with Gasteiger partial charge in [-0.2, -0.15) is 0 Å². The van der Waals surface area contributed by atoms with Crippen LogP contribution in [0, 0.1) is 29.6 Å². The van der Waals surface area contributed by atoms with Crippen molar-refractivity contribution in [3.8, 4) is 0 Å². The number of nitrogens with zero attached hydrogens (tertiary/aromatic N) is 2. The summed E-state index contributed by atoms with van der Waals surface area (Å²) in [5, 5.41) is 35.3. The van der Waals surface area contributed by atoms with Crippen LogP contribution in [0.3, 0.4) is 0 Å². The maximum Gasteiger partial charge on any atom is 0.329 e. The number of Topliss-reactive ketones (excluding diaryl/α,β-unsaturated/α-hetero) is 3. The van der Waals surface area contributed by atoms with E-state index in [2.05, 4.69) is 6.92 Å². The monoisotopic (exact) mass is 1040 g/mol. The van der Waals surface area contributed by atoms with Crippen molar-refractivity contribution < 1.29 is 67.8 Å². The molecule has 3 saturated heterocycles. The minimum Gasteiger partial charge on any atom is -0.460 e. The molecule has 416 valence electrons. The molecule has 16 heteroatoms. The SMILES string of the molecule is CC/C=C(\C)[C@@H](O)[C@@H](OC)C(=O)[C@H](C)C[C@H](C)[C@@H]1CC[C@H](/C=C(\C)[C@H](C[C@@H]2CC[C@@H](C)[C@](O)(C(=O)C(=O)N3CCCC[C@H]3C(=O)O[C@@H](CC(C)=O)[C@H](C)C[C@@H]3CC[C@@H](O)[C@H](OC)C3)O2)OC)ON1c1ccccc1. The molecule has 16 atom stereocenters. The summed E-state index contributed by atoms with van der Waals surface area (Å²) in [6.45, 7) is 14.9. The van der Waals surface area contributed by atoms with Crippen LogP contribution >= 0.6 is 0 Å². The molecular formula is C58H90N2O14. The fraction of sp³-hybridized carbons (Fsp3) is 0.741. The van der Waals surface area contributed by atoms with Crippen molar-refractivity contribution in [3.05, 3.63) is 53.6 Å². The average Bonchev–Trinajstić information content (AvgIpc) is 3.38. The number of rotatable bonds is 25. The first-order valence-corrected chi connectivity index (χ1v) is 27.5. The molecule has 74 heavy (non-hydrogen) atoms. The third kappa shape index (κ3) is 15.6. The van der Waals surface area contributed by atoms with Gasteiger partial charge in [0.1, 0.15) is 36.2 Å². The summed E-state index contributed by atoms with van der Waals surface area (Å²) in [6.07, 6.45) is 6.97. The highest BCUT2D eigenvalue weighted by atomic mass is 16.7. The maximum atomic E-state index is 14.3. The Morgan fingerprint density at radius 1 is 0.892 bits per heavy atom. The van der Waals surface area contributed by atoms with E-state index in [1.54, 1.807) is 21.1 Å². The molecule has 0 aromatic heterocycles. The number of hydrogen-bond donors (Lipinski definition) is 3. The fourth-order valence-electron chi connectivity index (χ4n) is 11.9. The molecule has 1 amide bonds. The number of carbonyl (C=O) groups is 5. The summed E-state index contributed by atoms with van der Waals surface area (Å²) in [6, 6.07) is 8.71. The van der Waals surface area contributed by atoms with Gasteiger partial charge in [-0.15, -0.1) is 0 Å². The van der Waals surface area contributed by atoms with E-state index in [-0.39, 0.29) is 79.3 Å². The fourth-order valence-corrected chi connectivity index (χ4v) is 11.9. The van der Waals surface area contributed by atoms with Crippen LogP contribution in [0.2, 0.25) is 0 Å². The van der Waals surface area contributed by atoms with Crippen LogP contribution in [0.15, 0.2) is 53.6 Å². The van der Waals surface area contributed by atoms with Gasteiger partial charge in [-0.05, 0) is 145 Å². The molecule has 4 fully saturated rings. The lowest BCUT2D eigenvalue weighted by Crippen LogP contribution is -2.61. The van der Waals surface area contributed by atoms with Gasteiger partial charge in [-0.1, -0.05) is 65.0 Å². The van der Waals surface area contributed by atoms with Crippen LogP contribution in [0.4, 0.5) is 5.69 Å². The van der Waals surface area contributed by atoms with Crippen LogP contribution in [0.5, 0.6) is 0 Å². The van der Waals surface area contributed by atoms with Crippen molar-refractivity contribution in [2.24, 2.45) is 29.6 Å². The number of methoxy groups -OCH3 is 3. The largest absolute Gasteiger partial charge is 0.460 e. The third-order valence-corrected chi connectivity index (χ3v) is 16.5. The molecule has 0 spiro atoms. The Morgan fingerprint density at radius 2 is 1.61 bits per heavy atom. The lowest BCUT2D eigenvalue weighted by molar-refractivity contribution is -0.265. The van der Waals surface area contributed by atoms with E-state index in [9.17, 15) is 39.3 Å². The lowest BCUT2D eigenvalue weighted by Gasteiger charge is -2.43.